The molecule has 0 unspecified atom stereocenters. The lowest BCUT2D eigenvalue weighted by Crippen LogP contribution is -2.24. The Morgan fingerprint density at radius 1 is 1.29 bits per heavy atom. The minimum Gasteiger partial charge on any atom is -0.480 e. The topological polar surface area (TPSA) is 40.5 Å². The van der Waals surface area contributed by atoms with Crippen molar-refractivity contribution in [1.29, 1.82) is 0 Å². The molecule has 0 heterocycles. The second-order valence-electron chi connectivity index (χ2n) is 4.02. The molecule has 96 valence electrons. The minimum absolute atomic E-state index is 0. The van der Waals surface area contributed by atoms with Gasteiger partial charge < -0.3 is 10.0 Å². The largest absolute Gasteiger partial charge is 0.480 e. The van der Waals surface area contributed by atoms with Crippen LogP contribution in [0, 0.1) is 0 Å². The van der Waals surface area contributed by atoms with Crippen molar-refractivity contribution in [3.63, 3.8) is 0 Å². The van der Waals surface area contributed by atoms with E-state index in [1.807, 2.05) is 12.1 Å². The summed E-state index contributed by atoms with van der Waals surface area (Å²) in [7, 11) is 1.79. The fourth-order valence-corrected chi connectivity index (χ4v) is 1.59. The molecule has 0 aliphatic heterocycles. The summed E-state index contributed by atoms with van der Waals surface area (Å²) in [5.41, 5.74) is 2.26. The van der Waals surface area contributed by atoms with Crippen LogP contribution in [0.5, 0.6) is 0 Å². The Bertz CT molecular complexity index is 338. The Morgan fingerprint density at radius 3 is 2.35 bits per heavy atom. The number of carboxylic acid groups (broad SMARTS) is 1. The van der Waals surface area contributed by atoms with Crippen molar-refractivity contribution in [3.05, 3.63) is 29.8 Å². The van der Waals surface area contributed by atoms with E-state index in [2.05, 4.69) is 19.1 Å². The third-order valence-corrected chi connectivity index (χ3v) is 2.57. The van der Waals surface area contributed by atoms with Crippen LogP contribution in [0.2, 0.25) is 0 Å². The molecule has 0 aliphatic carbocycles. The Labute approximate surface area is 109 Å². The lowest BCUT2D eigenvalue weighted by atomic mass is 10.1. The van der Waals surface area contributed by atoms with E-state index in [-0.39, 0.29) is 19.0 Å². The van der Waals surface area contributed by atoms with Gasteiger partial charge in [0.15, 0.2) is 0 Å². The number of halogens is 1. The molecule has 1 aromatic rings. The third-order valence-electron chi connectivity index (χ3n) is 2.57. The number of anilines is 1. The average Bonchev–Trinajstić information content (AvgIpc) is 2.26. The Hall–Kier alpha value is -1.22. The molecule has 0 saturated heterocycles. The van der Waals surface area contributed by atoms with Gasteiger partial charge in [0, 0.05) is 12.7 Å². The smallest absolute Gasteiger partial charge is 0.323 e. The van der Waals surface area contributed by atoms with Crippen molar-refractivity contribution in [2.24, 2.45) is 0 Å². The molecule has 3 nitrogen and oxygen atoms in total. The molecule has 0 fully saturated rings. The molecule has 0 aliphatic rings. The first kappa shape index (κ1) is 15.8. The van der Waals surface area contributed by atoms with Gasteiger partial charge in [0.1, 0.15) is 6.54 Å². The summed E-state index contributed by atoms with van der Waals surface area (Å²) in [6, 6.07) is 8.11. The second-order valence-corrected chi connectivity index (χ2v) is 4.02. The van der Waals surface area contributed by atoms with Gasteiger partial charge in [-0.1, -0.05) is 25.5 Å². The standard InChI is InChI=1S/C13H19NO2.ClH/c1-3-4-5-11-6-8-12(9-7-11)14(2)10-13(15)16;/h6-9H,3-5,10H2,1-2H3,(H,15,16);1H. The van der Waals surface area contributed by atoms with Crippen LogP contribution in [0.15, 0.2) is 24.3 Å². The molecule has 0 amide bonds. The number of rotatable bonds is 6. The molecule has 0 aromatic heterocycles. The number of unbranched alkanes of at least 4 members (excludes halogenated alkanes) is 1. The maximum absolute atomic E-state index is 10.5. The average molecular weight is 258 g/mol. The fourth-order valence-electron chi connectivity index (χ4n) is 1.59. The van der Waals surface area contributed by atoms with Crippen molar-refractivity contribution in [3.8, 4) is 0 Å². The first-order chi connectivity index (χ1) is 7.63. The summed E-state index contributed by atoms with van der Waals surface area (Å²) in [6.07, 6.45) is 3.49. The quantitative estimate of drug-likeness (QED) is 0.852. The highest BCUT2D eigenvalue weighted by atomic mass is 35.5. The van der Waals surface area contributed by atoms with E-state index in [1.165, 1.54) is 18.4 Å². The molecule has 0 spiro atoms. The van der Waals surface area contributed by atoms with E-state index in [0.717, 1.165) is 12.1 Å². The van der Waals surface area contributed by atoms with Crippen molar-refractivity contribution in [2.45, 2.75) is 26.2 Å². The summed E-state index contributed by atoms with van der Waals surface area (Å²) in [5.74, 6) is -0.808. The molecule has 0 radical (unpaired) electrons. The highest BCUT2D eigenvalue weighted by Gasteiger charge is 2.04. The predicted molar refractivity (Wildman–Crippen MR) is 73.2 cm³/mol. The van der Waals surface area contributed by atoms with Crippen molar-refractivity contribution < 1.29 is 9.90 Å². The van der Waals surface area contributed by atoms with Gasteiger partial charge in [-0.25, -0.2) is 0 Å². The number of likely N-dealkylation sites (N-methyl/N-ethyl adjacent to an activating group) is 1. The fraction of sp³-hybridized carbons (Fsp3) is 0.462. The Morgan fingerprint density at radius 2 is 1.88 bits per heavy atom. The zero-order valence-corrected chi connectivity index (χ0v) is 11.2. The number of nitrogens with zero attached hydrogens (tertiary/aromatic N) is 1. The SMILES string of the molecule is CCCCc1ccc(N(C)CC(=O)O)cc1.Cl. The van der Waals surface area contributed by atoms with Crippen LogP contribution < -0.4 is 4.90 Å². The second kappa shape index (κ2) is 7.96. The number of hydrogen-bond donors (Lipinski definition) is 1. The molecule has 1 aromatic carbocycles. The van der Waals surface area contributed by atoms with Gasteiger partial charge in [0.2, 0.25) is 0 Å². The van der Waals surface area contributed by atoms with Gasteiger partial charge in [-0.2, -0.15) is 0 Å². The van der Waals surface area contributed by atoms with E-state index in [0.29, 0.717) is 0 Å². The minimum atomic E-state index is -0.808. The molecular formula is C13H20ClNO2. The molecule has 17 heavy (non-hydrogen) atoms. The number of hydrogen-bond acceptors (Lipinski definition) is 2. The first-order valence-electron chi connectivity index (χ1n) is 5.65. The van der Waals surface area contributed by atoms with Gasteiger partial charge in [0.05, 0.1) is 0 Å². The van der Waals surface area contributed by atoms with Crippen molar-refractivity contribution in [2.75, 3.05) is 18.5 Å². The number of aryl methyl sites for hydroxylation is 1. The Balaban J connectivity index is 0.00000256. The number of carboxylic acids is 1. The number of carbonyl (C=O) groups is 1. The van der Waals surface area contributed by atoms with E-state index in [9.17, 15) is 4.79 Å². The lowest BCUT2D eigenvalue weighted by Gasteiger charge is -2.16. The van der Waals surface area contributed by atoms with Gasteiger partial charge in [-0.3, -0.25) is 4.79 Å². The van der Waals surface area contributed by atoms with Crippen LogP contribution in [-0.4, -0.2) is 24.7 Å². The van der Waals surface area contributed by atoms with Gasteiger partial charge in [-0.05, 0) is 30.5 Å². The van der Waals surface area contributed by atoms with Crippen LogP contribution in [-0.2, 0) is 11.2 Å². The zero-order chi connectivity index (χ0) is 12.0. The summed E-state index contributed by atoms with van der Waals surface area (Å²) in [5, 5.41) is 8.67. The normalized spacial score (nSPS) is 9.53. The number of aliphatic carboxylic acids is 1. The summed E-state index contributed by atoms with van der Waals surface area (Å²) < 4.78 is 0. The molecule has 0 saturated carbocycles. The van der Waals surface area contributed by atoms with E-state index < -0.39 is 5.97 Å². The monoisotopic (exact) mass is 257 g/mol. The highest BCUT2D eigenvalue weighted by Crippen LogP contribution is 2.14. The van der Waals surface area contributed by atoms with E-state index in [1.54, 1.807) is 11.9 Å². The maximum Gasteiger partial charge on any atom is 0.323 e. The molecular weight excluding hydrogens is 238 g/mol. The van der Waals surface area contributed by atoms with E-state index in [4.69, 9.17) is 5.11 Å². The highest BCUT2D eigenvalue weighted by molar-refractivity contribution is 5.85. The van der Waals surface area contributed by atoms with Gasteiger partial charge in [-0.15, -0.1) is 12.4 Å². The molecule has 1 rings (SSSR count). The molecule has 1 N–H and O–H groups in total. The Kier molecular flexibility index (Phi) is 7.39. The molecule has 4 heteroatoms. The lowest BCUT2D eigenvalue weighted by molar-refractivity contribution is -0.135. The van der Waals surface area contributed by atoms with Crippen LogP contribution >= 0.6 is 12.4 Å². The van der Waals surface area contributed by atoms with Gasteiger partial charge in [0.25, 0.3) is 0 Å². The van der Waals surface area contributed by atoms with Crippen LogP contribution in [0.25, 0.3) is 0 Å². The summed E-state index contributed by atoms with van der Waals surface area (Å²) in [6.45, 7) is 2.21. The van der Waals surface area contributed by atoms with E-state index >= 15 is 0 Å². The van der Waals surface area contributed by atoms with Crippen LogP contribution in [0.1, 0.15) is 25.3 Å². The van der Waals surface area contributed by atoms with Crippen LogP contribution in [0.4, 0.5) is 5.69 Å². The van der Waals surface area contributed by atoms with Gasteiger partial charge >= 0.3 is 5.97 Å². The molecule has 0 bridgehead atoms. The van der Waals surface area contributed by atoms with Crippen molar-refractivity contribution >= 4 is 24.1 Å². The predicted octanol–water partition coefficient (Wildman–Crippen LogP) is 2.97. The molecule has 0 atom stereocenters. The van der Waals surface area contributed by atoms with Crippen molar-refractivity contribution in [1.82, 2.24) is 0 Å². The maximum atomic E-state index is 10.5. The number of benzene rings is 1. The summed E-state index contributed by atoms with van der Waals surface area (Å²) in [4.78, 5) is 12.3. The summed E-state index contributed by atoms with van der Waals surface area (Å²) >= 11 is 0. The van der Waals surface area contributed by atoms with Crippen LogP contribution in [0.3, 0.4) is 0 Å². The first-order valence-corrected chi connectivity index (χ1v) is 5.65. The third kappa shape index (κ3) is 5.59. The zero-order valence-electron chi connectivity index (χ0n) is 10.3.